The Morgan fingerprint density at radius 2 is 1.58 bits per heavy atom. The number of aromatic nitrogens is 2. The average Bonchev–Trinajstić information content (AvgIpc) is 3.50. The summed E-state index contributed by atoms with van der Waals surface area (Å²) in [7, 11) is -5.07. The zero-order valence-corrected chi connectivity index (χ0v) is 30.9. The number of ether oxygens (including phenoxy) is 1. The van der Waals surface area contributed by atoms with Crippen LogP contribution in [0, 0.1) is 5.41 Å². The first-order chi connectivity index (χ1) is 23.0. The van der Waals surface area contributed by atoms with Crippen molar-refractivity contribution in [1.82, 2.24) is 25.5 Å². The molecular weight excluding hydrogens is 671 g/mol. The van der Waals surface area contributed by atoms with Crippen LogP contribution in [0.2, 0.25) is 0 Å². The van der Waals surface area contributed by atoms with Crippen LogP contribution in [0.4, 0.5) is 0 Å². The van der Waals surface area contributed by atoms with Gasteiger partial charge in [-0.3, -0.25) is 23.7 Å². The highest BCUT2D eigenvalue weighted by Gasteiger charge is 2.37. The second-order valence-electron chi connectivity index (χ2n) is 13.9. The number of hydrogen-bond donors (Lipinski definition) is 7. The lowest BCUT2D eigenvalue weighted by molar-refractivity contribution is -0.137. The lowest BCUT2D eigenvalue weighted by Crippen LogP contribution is -2.60. The minimum Gasteiger partial charge on any atom is -0.394 e. The smallest absolute Gasteiger partial charge is 0.394 e. The highest BCUT2D eigenvalue weighted by molar-refractivity contribution is 7.46. The van der Waals surface area contributed by atoms with E-state index in [1.54, 1.807) is 26.4 Å². The molecule has 0 saturated heterocycles. The molecule has 50 heavy (non-hydrogen) atoms. The van der Waals surface area contributed by atoms with Crippen molar-refractivity contribution in [1.29, 1.82) is 0 Å². The number of amides is 4. The fourth-order valence-corrected chi connectivity index (χ4v) is 5.50. The third-order valence-corrected chi connectivity index (χ3v) is 9.32. The van der Waals surface area contributed by atoms with Crippen LogP contribution in [-0.2, 0) is 45.0 Å². The van der Waals surface area contributed by atoms with Crippen molar-refractivity contribution in [2.45, 2.75) is 110 Å². The van der Waals surface area contributed by atoms with Crippen molar-refractivity contribution in [3.8, 4) is 0 Å². The predicted octanol–water partition coefficient (Wildman–Crippen LogP) is 1.26. The first-order valence-electron chi connectivity index (χ1n) is 16.3. The molecule has 16 nitrogen and oxygen atoms in total. The number of nitrogens with zero attached hydrogens (tertiary/aromatic N) is 2. The van der Waals surface area contributed by atoms with Gasteiger partial charge < -0.3 is 45.9 Å². The summed E-state index contributed by atoms with van der Waals surface area (Å²) in [5.74, 6) is -3.59. The number of rotatable bonds is 20. The molecule has 0 bridgehead atoms. The molecule has 280 valence electrons. The van der Waals surface area contributed by atoms with E-state index in [1.165, 1.54) is 0 Å². The topological polar surface area (TPSA) is 244 Å². The molecule has 2 aromatic rings. The molecule has 1 aromatic heterocycles. The van der Waals surface area contributed by atoms with E-state index in [9.17, 15) is 28.8 Å². The summed E-state index contributed by atoms with van der Waals surface area (Å²) in [5.41, 5.74) is 4.87. The Bertz CT molecular complexity index is 1510. The van der Waals surface area contributed by atoms with Crippen LogP contribution in [0.3, 0.4) is 0 Å². The number of aliphatic hydroxyl groups excluding tert-OH is 1. The maximum atomic E-state index is 13.9. The lowest BCUT2D eigenvalue weighted by Gasteiger charge is -2.32. The van der Waals surface area contributed by atoms with Crippen LogP contribution in [0.1, 0.15) is 79.5 Å². The Labute approximate surface area is 293 Å². The number of imidazole rings is 1. The van der Waals surface area contributed by atoms with Gasteiger partial charge in [0.25, 0.3) is 0 Å². The van der Waals surface area contributed by atoms with Gasteiger partial charge in [0.2, 0.25) is 23.6 Å². The monoisotopic (exact) mass is 724 g/mol. The Hall–Kier alpha value is -3.66. The fraction of sp³-hybridized carbons (Fsp3) is 0.606. The predicted molar refractivity (Wildman–Crippen MR) is 184 cm³/mol. The largest absolute Gasteiger partial charge is 0.469 e. The molecule has 1 aromatic carbocycles. The molecule has 4 unspecified atom stereocenters. The van der Waals surface area contributed by atoms with Crippen molar-refractivity contribution >= 4 is 31.5 Å². The van der Waals surface area contributed by atoms with E-state index >= 15 is 0 Å². The molecule has 4 amide bonds. The molecule has 0 saturated carbocycles. The molecular formula is C33H53N6O10P. The van der Waals surface area contributed by atoms with Crippen LogP contribution >= 0.6 is 7.82 Å². The van der Waals surface area contributed by atoms with Crippen molar-refractivity contribution < 1.29 is 47.9 Å². The minimum absolute atomic E-state index is 0.0693. The molecule has 0 aliphatic rings. The summed E-state index contributed by atoms with van der Waals surface area (Å²) >= 11 is 0. The van der Waals surface area contributed by atoms with Gasteiger partial charge in [0.15, 0.2) is 0 Å². The van der Waals surface area contributed by atoms with Gasteiger partial charge in [0, 0.05) is 30.3 Å². The highest BCUT2D eigenvalue weighted by atomic mass is 31.2. The van der Waals surface area contributed by atoms with Crippen molar-refractivity contribution in [2.24, 2.45) is 11.1 Å². The minimum atomic E-state index is -5.07. The summed E-state index contributed by atoms with van der Waals surface area (Å²) in [5, 5.41) is 17.4. The highest BCUT2D eigenvalue weighted by Crippen LogP contribution is 2.38. The van der Waals surface area contributed by atoms with Crippen molar-refractivity contribution in [3.05, 3.63) is 54.1 Å². The van der Waals surface area contributed by atoms with Crippen LogP contribution in [0.25, 0.3) is 0 Å². The zero-order chi connectivity index (χ0) is 38.1. The summed E-state index contributed by atoms with van der Waals surface area (Å²) in [6, 6.07) is 4.94. The summed E-state index contributed by atoms with van der Waals surface area (Å²) in [6.07, 6.45) is 2.65. The number of benzene rings is 1. The van der Waals surface area contributed by atoms with Gasteiger partial charge in [-0.15, -0.1) is 0 Å². The number of nitrogens with one attached hydrogen (secondary N) is 3. The molecule has 0 aliphatic carbocycles. The lowest BCUT2D eigenvalue weighted by atomic mass is 9.88. The van der Waals surface area contributed by atoms with E-state index in [1.807, 2.05) is 69.5 Å². The quantitative estimate of drug-likeness (QED) is 0.0959. The number of phosphoric ester groups is 1. The van der Waals surface area contributed by atoms with E-state index in [2.05, 4.69) is 25.5 Å². The van der Waals surface area contributed by atoms with Gasteiger partial charge in [-0.25, -0.2) is 9.55 Å². The van der Waals surface area contributed by atoms with E-state index in [4.69, 9.17) is 20.3 Å². The van der Waals surface area contributed by atoms with Gasteiger partial charge in [-0.1, -0.05) is 51.1 Å². The molecule has 0 fully saturated rings. The third-order valence-electron chi connectivity index (χ3n) is 8.71. The normalized spacial score (nSPS) is 15.0. The molecule has 8 N–H and O–H groups in total. The second-order valence-corrected chi connectivity index (χ2v) is 15.1. The number of aliphatic hydroxyl groups is 1. The van der Waals surface area contributed by atoms with E-state index in [0.717, 1.165) is 18.9 Å². The van der Waals surface area contributed by atoms with Gasteiger partial charge >= 0.3 is 7.82 Å². The maximum Gasteiger partial charge on any atom is 0.469 e. The van der Waals surface area contributed by atoms with E-state index in [0.29, 0.717) is 12.1 Å². The molecule has 4 atom stereocenters. The molecule has 2 rings (SSSR count). The Morgan fingerprint density at radius 1 is 0.980 bits per heavy atom. The summed E-state index contributed by atoms with van der Waals surface area (Å²) < 4.78 is 23.6. The number of carbonyl (C=O) groups is 4. The van der Waals surface area contributed by atoms with E-state index < -0.39 is 73.2 Å². The number of phosphoric acid groups is 1. The Balaban J connectivity index is 2.39. The van der Waals surface area contributed by atoms with Crippen LogP contribution in [-0.4, -0.2) is 91.1 Å². The molecule has 0 radical (unpaired) electrons. The standard InChI is InChI=1S/C33H53N6O10P/c1-9-32(5,6)48-16-15-31(3,4)30(44)37-24(17-23-18-35-20-39(23)33(7,8)22-13-11-10-12-14-22)28(42)36-25(19-40)29(43)38-26(27(34)41)21(2)49-50(45,46)47/h10-14,18,20-21,24-26,40H,9,15-17,19H2,1-8H3,(H2,34,41)(H,36,42)(H,37,44)(H,38,43)(H2,45,46,47). The molecule has 17 heteroatoms. The number of carbonyl (C=O) groups excluding carboxylic acids is 4. The zero-order valence-electron chi connectivity index (χ0n) is 30.0. The molecule has 1 heterocycles. The molecule has 0 aliphatic heterocycles. The van der Waals surface area contributed by atoms with Gasteiger partial charge in [-0.05, 0) is 53.0 Å². The first kappa shape index (κ1) is 42.5. The van der Waals surface area contributed by atoms with Gasteiger partial charge in [0.1, 0.15) is 18.1 Å². The second kappa shape index (κ2) is 17.5. The van der Waals surface area contributed by atoms with E-state index in [-0.39, 0.29) is 18.6 Å². The van der Waals surface area contributed by atoms with Crippen LogP contribution < -0.4 is 21.7 Å². The number of hydrogen-bond acceptors (Lipinski definition) is 9. The number of primary amides is 1. The Morgan fingerprint density at radius 3 is 2.12 bits per heavy atom. The Kier molecular flexibility index (Phi) is 14.9. The summed E-state index contributed by atoms with van der Waals surface area (Å²) in [6.45, 7) is 13.7. The van der Waals surface area contributed by atoms with Crippen LogP contribution in [0.15, 0.2) is 42.9 Å². The average molecular weight is 725 g/mol. The molecule has 0 spiro atoms. The fourth-order valence-electron chi connectivity index (χ4n) is 4.95. The third kappa shape index (κ3) is 12.3. The van der Waals surface area contributed by atoms with Gasteiger partial charge in [-0.2, -0.15) is 0 Å². The van der Waals surface area contributed by atoms with Crippen molar-refractivity contribution in [3.63, 3.8) is 0 Å². The van der Waals surface area contributed by atoms with Crippen LogP contribution in [0.5, 0.6) is 0 Å². The SMILES string of the molecule is CCC(C)(C)OCCC(C)(C)C(=O)NC(Cc1cncn1C(C)(C)c1ccccc1)C(=O)NC(CO)C(=O)NC(C(N)=O)C(C)OP(=O)(O)O. The maximum absolute atomic E-state index is 13.9. The first-order valence-corrected chi connectivity index (χ1v) is 17.8. The van der Waals surface area contributed by atoms with Gasteiger partial charge in [0.05, 0.1) is 30.2 Å². The number of nitrogens with two attached hydrogens (primary N) is 1. The van der Waals surface area contributed by atoms with Crippen molar-refractivity contribution in [2.75, 3.05) is 13.2 Å². The summed E-state index contributed by atoms with van der Waals surface area (Å²) in [4.78, 5) is 75.3.